The number of carbonyl (C=O) groups excluding carboxylic acids is 2. The Morgan fingerprint density at radius 1 is 1.38 bits per heavy atom. The van der Waals surface area contributed by atoms with Crippen molar-refractivity contribution in [3.63, 3.8) is 0 Å². The number of nitrogens with one attached hydrogen (secondary N) is 1. The first-order valence-electron chi connectivity index (χ1n) is 5.80. The molecule has 1 aliphatic heterocycles. The minimum Gasteiger partial charge on any atom is -0.380 e. The molecule has 1 heterocycles. The standard InChI is InChI=1S/C11H20N2O3/c1-4-9-11(15)13(6-7-16-5-2)8(3)10(14)12-9/h8-9H,4-7H2,1-3H3,(H,12,14). The molecule has 2 unspecified atom stereocenters. The van der Waals surface area contributed by atoms with Crippen LogP contribution in [-0.4, -0.2) is 48.6 Å². The second-order valence-electron chi connectivity index (χ2n) is 3.87. The molecule has 0 aromatic carbocycles. The number of hydrogen-bond acceptors (Lipinski definition) is 3. The van der Waals surface area contributed by atoms with Crippen LogP contribution in [0.2, 0.25) is 0 Å². The van der Waals surface area contributed by atoms with E-state index in [1.807, 2.05) is 13.8 Å². The summed E-state index contributed by atoms with van der Waals surface area (Å²) in [5.41, 5.74) is 0. The molecule has 0 bridgehead atoms. The van der Waals surface area contributed by atoms with Crippen LogP contribution >= 0.6 is 0 Å². The summed E-state index contributed by atoms with van der Waals surface area (Å²) in [6, 6.07) is -0.763. The molecule has 1 fully saturated rings. The van der Waals surface area contributed by atoms with Crippen molar-refractivity contribution in [1.82, 2.24) is 10.2 Å². The third kappa shape index (κ3) is 2.72. The lowest BCUT2D eigenvalue weighted by Crippen LogP contribution is -2.62. The predicted octanol–water partition coefficient (Wildman–Crippen LogP) is 0.148. The fraction of sp³-hybridized carbons (Fsp3) is 0.818. The van der Waals surface area contributed by atoms with Crippen LogP contribution in [0.25, 0.3) is 0 Å². The van der Waals surface area contributed by atoms with Crippen molar-refractivity contribution >= 4 is 11.8 Å². The maximum atomic E-state index is 12.0. The topological polar surface area (TPSA) is 58.6 Å². The Morgan fingerprint density at radius 2 is 2.06 bits per heavy atom. The van der Waals surface area contributed by atoms with Gasteiger partial charge >= 0.3 is 0 Å². The Kier molecular flexibility index (Phi) is 4.73. The van der Waals surface area contributed by atoms with Crippen LogP contribution in [0, 0.1) is 0 Å². The van der Waals surface area contributed by atoms with Gasteiger partial charge in [-0.25, -0.2) is 0 Å². The molecule has 0 aliphatic carbocycles. The molecule has 1 rings (SSSR count). The molecule has 2 amide bonds. The number of ether oxygens (including phenoxy) is 1. The first-order valence-corrected chi connectivity index (χ1v) is 5.80. The van der Waals surface area contributed by atoms with Gasteiger partial charge in [0.2, 0.25) is 11.8 Å². The van der Waals surface area contributed by atoms with Crippen LogP contribution in [0.5, 0.6) is 0 Å². The summed E-state index contributed by atoms with van der Waals surface area (Å²) in [4.78, 5) is 25.2. The third-order valence-electron chi connectivity index (χ3n) is 2.83. The van der Waals surface area contributed by atoms with Gasteiger partial charge in [0.15, 0.2) is 0 Å². The van der Waals surface area contributed by atoms with Gasteiger partial charge < -0.3 is 15.0 Å². The normalized spacial score (nSPS) is 25.8. The molecular weight excluding hydrogens is 208 g/mol. The molecule has 0 radical (unpaired) electrons. The monoisotopic (exact) mass is 228 g/mol. The highest BCUT2D eigenvalue weighted by Crippen LogP contribution is 2.11. The van der Waals surface area contributed by atoms with Crippen LogP contribution < -0.4 is 5.32 Å². The van der Waals surface area contributed by atoms with Crippen molar-refractivity contribution in [3.8, 4) is 0 Å². The number of nitrogens with zero attached hydrogens (tertiary/aromatic N) is 1. The molecule has 5 heteroatoms. The van der Waals surface area contributed by atoms with Crippen molar-refractivity contribution in [2.24, 2.45) is 0 Å². The first-order chi connectivity index (χ1) is 7.61. The molecule has 0 saturated carbocycles. The molecule has 0 aromatic rings. The van der Waals surface area contributed by atoms with E-state index in [0.29, 0.717) is 26.2 Å². The molecule has 1 saturated heterocycles. The molecule has 1 N–H and O–H groups in total. The maximum Gasteiger partial charge on any atom is 0.245 e. The lowest BCUT2D eigenvalue weighted by atomic mass is 10.1. The first kappa shape index (κ1) is 13.0. The van der Waals surface area contributed by atoms with E-state index in [9.17, 15) is 9.59 Å². The lowest BCUT2D eigenvalue weighted by molar-refractivity contribution is -0.149. The quantitative estimate of drug-likeness (QED) is 0.681. The van der Waals surface area contributed by atoms with Crippen molar-refractivity contribution in [1.29, 1.82) is 0 Å². The van der Waals surface area contributed by atoms with E-state index < -0.39 is 6.04 Å². The summed E-state index contributed by atoms with van der Waals surface area (Å²) in [6.45, 7) is 7.13. The molecule has 0 spiro atoms. The lowest BCUT2D eigenvalue weighted by Gasteiger charge is -2.36. The molecule has 2 atom stereocenters. The van der Waals surface area contributed by atoms with E-state index in [4.69, 9.17) is 4.74 Å². The van der Waals surface area contributed by atoms with Gasteiger partial charge in [-0.15, -0.1) is 0 Å². The van der Waals surface area contributed by atoms with Gasteiger partial charge in [0.1, 0.15) is 12.1 Å². The summed E-state index contributed by atoms with van der Waals surface area (Å²) in [5.74, 6) is -0.0859. The van der Waals surface area contributed by atoms with Gasteiger partial charge in [-0.2, -0.15) is 0 Å². The van der Waals surface area contributed by atoms with Gasteiger partial charge in [-0.3, -0.25) is 9.59 Å². The van der Waals surface area contributed by atoms with E-state index in [-0.39, 0.29) is 17.9 Å². The maximum absolute atomic E-state index is 12.0. The minimum absolute atomic E-state index is 0.00527. The average molecular weight is 228 g/mol. The van der Waals surface area contributed by atoms with Crippen LogP contribution in [-0.2, 0) is 14.3 Å². The Labute approximate surface area is 96.1 Å². The van der Waals surface area contributed by atoms with Gasteiger partial charge in [-0.1, -0.05) is 6.92 Å². The van der Waals surface area contributed by atoms with E-state index in [0.717, 1.165) is 0 Å². The van der Waals surface area contributed by atoms with Crippen molar-refractivity contribution in [2.75, 3.05) is 19.8 Å². The van der Waals surface area contributed by atoms with Gasteiger partial charge in [-0.05, 0) is 20.3 Å². The largest absolute Gasteiger partial charge is 0.380 e. The fourth-order valence-electron chi connectivity index (χ4n) is 1.77. The van der Waals surface area contributed by atoms with Crippen LogP contribution in [0.3, 0.4) is 0 Å². The summed E-state index contributed by atoms with van der Waals surface area (Å²) >= 11 is 0. The Morgan fingerprint density at radius 3 is 2.62 bits per heavy atom. The van der Waals surface area contributed by atoms with E-state index in [2.05, 4.69) is 5.32 Å². The van der Waals surface area contributed by atoms with Crippen LogP contribution in [0.15, 0.2) is 0 Å². The number of rotatable bonds is 5. The molecule has 5 nitrogen and oxygen atoms in total. The Bertz CT molecular complexity index is 268. The van der Waals surface area contributed by atoms with Gasteiger partial charge in [0, 0.05) is 13.2 Å². The van der Waals surface area contributed by atoms with Crippen molar-refractivity contribution in [2.45, 2.75) is 39.3 Å². The average Bonchev–Trinajstić information content (AvgIpc) is 2.28. The second kappa shape index (κ2) is 5.84. The van der Waals surface area contributed by atoms with E-state index in [1.165, 1.54) is 0 Å². The molecule has 92 valence electrons. The van der Waals surface area contributed by atoms with Crippen molar-refractivity contribution < 1.29 is 14.3 Å². The fourth-order valence-corrected chi connectivity index (χ4v) is 1.77. The highest BCUT2D eigenvalue weighted by Gasteiger charge is 2.36. The van der Waals surface area contributed by atoms with Gasteiger partial charge in [0.25, 0.3) is 0 Å². The van der Waals surface area contributed by atoms with E-state index in [1.54, 1.807) is 11.8 Å². The van der Waals surface area contributed by atoms with E-state index >= 15 is 0 Å². The van der Waals surface area contributed by atoms with Crippen molar-refractivity contribution in [3.05, 3.63) is 0 Å². The summed E-state index contributed by atoms with van der Waals surface area (Å²) in [5, 5.41) is 2.72. The summed E-state index contributed by atoms with van der Waals surface area (Å²) in [6.07, 6.45) is 0.627. The predicted molar refractivity (Wildman–Crippen MR) is 59.9 cm³/mol. The van der Waals surface area contributed by atoms with Crippen LogP contribution in [0.1, 0.15) is 27.2 Å². The Hall–Kier alpha value is -1.10. The number of hydrogen-bond donors (Lipinski definition) is 1. The molecular formula is C11H20N2O3. The number of carbonyl (C=O) groups is 2. The number of piperazine rings is 1. The molecule has 16 heavy (non-hydrogen) atoms. The van der Waals surface area contributed by atoms with Gasteiger partial charge in [0.05, 0.1) is 6.61 Å². The SMILES string of the molecule is CCOCCN1C(=O)C(CC)NC(=O)C1C. The zero-order chi connectivity index (χ0) is 12.1. The highest BCUT2D eigenvalue weighted by molar-refractivity contribution is 5.96. The summed E-state index contributed by atoms with van der Waals surface area (Å²) in [7, 11) is 0. The molecule has 0 aromatic heterocycles. The zero-order valence-corrected chi connectivity index (χ0v) is 10.2. The summed E-state index contributed by atoms with van der Waals surface area (Å²) < 4.78 is 5.21. The molecule has 1 aliphatic rings. The second-order valence-corrected chi connectivity index (χ2v) is 3.87. The number of amides is 2. The Balaban J connectivity index is 2.62. The smallest absolute Gasteiger partial charge is 0.245 e. The minimum atomic E-state index is -0.393. The highest BCUT2D eigenvalue weighted by atomic mass is 16.5. The third-order valence-corrected chi connectivity index (χ3v) is 2.83. The zero-order valence-electron chi connectivity index (χ0n) is 10.2. The van der Waals surface area contributed by atoms with Crippen LogP contribution in [0.4, 0.5) is 0 Å².